The van der Waals surface area contributed by atoms with Gasteiger partial charge in [-0.1, -0.05) is 63.2 Å². The van der Waals surface area contributed by atoms with E-state index in [0.717, 1.165) is 17.5 Å². The standard InChI is InChI=1S/C26H26F3NO6S/c1-25(2,3)14-21(24(32)33)30-23(31)20-13-10-17-6-4-5-7-19(17)22(20)36-15-16-8-11-18(12-9-16)37(34,35)26(27,28)29/h4-13,21H,14-15H2,1-3H3,(H,30,31)(H,32,33)/t21-/m0/s1. The van der Waals surface area contributed by atoms with Crippen molar-refractivity contribution in [2.75, 3.05) is 0 Å². The number of ether oxygens (including phenoxy) is 1. The molecule has 11 heteroatoms. The van der Waals surface area contributed by atoms with Crippen molar-refractivity contribution in [3.05, 3.63) is 71.8 Å². The molecule has 0 aromatic heterocycles. The van der Waals surface area contributed by atoms with E-state index in [4.69, 9.17) is 4.74 Å². The van der Waals surface area contributed by atoms with Gasteiger partial charge in [0.2, 0.25) is 0 Å². The van der Waals surface area contributed by atoms with Crippen LogP contribution in [-0.2, 0) is 21.2 Å². The summed E-state index contributed by atoms with van der Waals surface area (Å²) in [5.41, 5.74) is -5.35. The lowest BCUT2D eigenvalue weighted by Crippen LogP contribution is -2.43. The zero-order valence-electron chi connectivity index (χ0n) is 20.3. The Morgan fingerprint density at radius 2 is 1.59 bits per heavy atom. The molecule has 0 saturated carbocycles. The van der Waals surface area contributed by atoms with E-state index in [2.05, 4.69) is 5.32 Å². The van der Waals surface area contributed by atoms with E-state index in [-0.39, 0.29) is 29.8 Å². The first kappa shape index (κ1) is 28.0. The molecule has 0 aliphatic rings. The summed E-state index contributed by atoms with van der Waals surface area (Å²) in [5.74, 6) is -1.69. The Hall–Kier alpha value is -3.60. The maximum atomic E-state index is 13.1. The minimum atomic E-state index is -5.48. The molecule has 3 aromatic carbocycles. The second kappa shape index (κ2) is 10.4. The largest absolute Gasteiger partial charge is 0.501 e. The van der Waals surface area contributed by atoms with E-state index < -0.39 is 38.2 Å². The van der Waals surface area contributed by atoms with Crippen LogP contribution in [0.1, 0.15) is 43.1 Å². The molecule has 37 heavy (non-hydrogen) atoms. The summed E-state index contributed by atoms with van der Waals surface area (Å²) in [7, 11) is -5.48. The molecule has 3 rings (SSSR count). The van der Waals surface area contributed by atoms with Crippen LogP contribution in [0.2, 0.25) is 0 Å². The highest BCUT2D eigenvalue weighted by molar-refractivity contribution is 7.92. The fourth-order valence-corrected chi connectivity index (χ4v) is 4.44. The summed E-state index contributed by atoms with van der Waals surface area (Å²) in [6, 6.07) is 13.1. The number of carboxylic acid groups (broad SMARTS) is 1. The number of rotatable bonds is 8. The summed E-state index contributed by atoms with van der Waals surface area (Å²) in [5, 5.41) is 13.4. The first-order valence-corrected chi connectivity index (χ1v) is 12.7. The maximum absolute atomic E-state index is 13.1. The van der Waals surface area contributed by atoms with E-state index >= 15 is 0 Å². The van der Waals surface area contributed by atoms with Crippen LogP contribution in [0.15, 0.2) is 65.6 Å². The van der Waals surface area contributed by atoms with Crippen LogP contribution in [0.25, 0.3) is 10.8 Å². The van der Waals surface area contributed by atoms with Crippen molar-refractivity contribution in [2.45, 2.75) is 50.2 Å². The normalized spacial score (nSPS) is 13.2. The van der Waals surface area contributed by atoms with E-state index in [1.165, 1.54) is 18.2 Å². The smallest absolute Gasteiger partial charge is 0.487 e. The number of hydrogen-bond donors (Lipinski definition) is 2. The Labute approximate surface area is 212 Å². The van der Waals surface area contributed by atoms with Crippen molar-refractivity contribution >= 4 is 32.5 Å². The topological polar surface area (TPSA) is 110 Å². The van der Waals surface area contributed by atoms with Crippen molar-refractivity contribution in [2.24, 2.45) is 5.41 Å². The van der Waals surface area contributed by atoms with Crippen LogP contribution in [0, 0.1) is 5.41 Å². The number of hydrogen-bond acceptors (Lipinski definition) is 5. The second-order valence-corrected chi connectivity index (χ2v) is 11.6. The predicted molar refractivity (Wildman–Crippen MR) is 131 cm³/mol. The molecule has 0 spiro atoms. The molecule has 0 aliphatic carbocycles. The molecule has 3 aromatic rings. The van der Waals surface area contributed by atoms with Gasteiger partial charge >= 0.3 is 11.5 Å². The van der Waals surface area contributed by atoms with Crippen LogP contribution < -0.4 is 10.1 Å². The fraction of sp³-hybridized carbons (Fsp3) is 0.308. The third-order valence-electron chi connectivity index (χ3n) is 5.47. The van der Waals surface area contributed by atoms with E-state index in [1.807, 2.05) is 20.8 Å². The van der Waals surface area contributed by atoms with Crippen molar-refractivity contribution in [1.82, 2.24) is 5.32 Å². The van der Waals surface area contributed by atoms with Crippen molar-refractivity contribution < 1.29 is 41.0 Å². The Balaban J connectivity index is 1.91. The van der Waals surface area contributed by atoms with Crippen LogP contribution >= 0.6 is 0 Å². The third kappa shape index (κ3) is 6.59. The lowest BCUT2D eigenvalue weighted by molar-refractivity contribution is -0.140. The molecule has 0 fully saturated rings. The number of sulfone groups is 1. The molecule has 2 N–H and O–H groups in total. The van der Waals surface area contributed by atoms with Gasteiger partial charge in [0.25, 0.3) is 15.7 Å². The predicted octanol–water partition coefficient (Wildman–Crippen LogP) is 5.33. The van der Waals surface area contributed by atoms with Gasteiger partial charge in [0.1, 0.15) is 18.4 Å². The SMILES string of the molecule is CC(C)(C)C[C@H](NC(=O)c1ccc2ccccc2c1OCc1ccc(S(=O)(=O)C(F)(F)F)cc1)C(=O)O. The number of carbonyl (C=O) groups excluding carboxylic acids is 1. The molecule has 0 aliphatic heterocycles. The third-order valence-corrected chi connectivity index (χ3v) is 6.97. The molecule has 0 heterocycles. The van der Waals surface area contributed by atoms with Gasteiger partial charge in [0, 0.05) is 5.39 Å². The van der Waals surface area contributed by atoms with Crippen molar-refractivity contribution in [3.8, 4) is 5.75 Å². The number of amides is 1. The number of carbonyl (C=O) groups is 2. The average molecular weight is 538 g/mol. The van der Waals surface area contributed by atoms with Crippen LogP contribution in [0.4, 0.5) is 13.2 Å². The summed E-state index contributed by atoms with van der Waals surface area (Å²) in [4.78, 5) is 24.0. The molecule has 7 nitrogen and oxygen atoms in total. The van der Waals surface area contributed by atoms with Gasteiger partial charge in [-0.3, -0.25) is 4.79 Å². The number of halogens is 3. The minimum Gasteiger partial charge on any atom is -0.487 e. The minimum absolute atomic E-state index is 0.0788. The average Bonchev–Trinajstić information content (AvgIpc) is 2.80. The molecule has 1 amide bonds. The molecule has 0 radical (unpaired) electrons. The van der Waals surface area contributed by atoms with E-state index in [0.29, 0.717) is 10.9 Å². The summed E-state index contributed by atoms with van der Waals surface area (Å²) < 4.78 is 67.5. The Kier molecular flexibility index (Phi) is 7.87. The molecule has 0 bridgehead atoms. The first-order valence-electron chi connectivity index (χ1n) is 11.2. The summed E-state index contributed by atoms with van der Waals surface area (Å²) in [6.07, 6.45) is 0.186. The zero-order chi connectivity index (χ0) is 27.6. The summed E-state index contributed by atoms with van der Waals surface area (Å²) in [6.45, 7) is 5.37. The van der Waals surface area contributed by atoms with E-state index in [1.54, 1.807) is 30.3 Å². The molecule has 0 saturated heterocycles. The quantitative estimate of drug-likeness (QED) is 0.402. The number of alkyl halides is 3. The van der Waals surface area contributed by atoms with Gasteiger partial charge in [-0.05, 0) is 41.0 Å². The molecule has 198 valence electrons. The highest BCUT2D eigenvalue weighted by Gasteiger charge is 2.46. The zero-order valence-corrected chi connectivity index (χ0v) is 21.1. The molecular weight excluding hydrogens is 511 g/mol. The molecular formula is C26H26F3NO6S. The number of nitrogens with one attached hydrogen (secondary N) is 1. The van der Waals surface area contributed by atoms with Gasteiger partial charge in [0.15, 0.2) is 0 Å². The highest BCUT2D eigenvalue weighted by atomic mass is 32.2. The van der Waals surface area contributed by atoms with Crippen molar-refractivity contribution in [3.63, 3.8) is 0 Å². The van der Waals surface area contributed by atoms with Gasteiger partial charge in [-0.25, -0.2) is 13.2 Å². The van der Waals surface area contributed by atoms with Crippen molar-refractivity contribution in [1.29, 1.82) is 0 Å². The Morgan fingerprint density at radius 3 is 2.16 bits per heavy atom. The van der Waals surface area contributed by atoms with Crippen LogP contribution in [-0.4, -0.2) is 37.0 Å². The van der Waals surface area contributed by atoms with Crippen LogP contribution in [0.3, 0.4) is 0 Å². The van der Waals surface area contributed by atoms with Gasteiger partial charge < -0.3 is 15.2 Å². The Morgan fingerprint density at radius 1 is 0.973 bits per heavy atom. The van der Waals surface area contributed by atoms with Gasteiger partial charge in [-0.15, -0.1) is 0 Å². The van der Waals surface area contributed by atoms with Gasteiger partial charge in [0.05, 0.1) is 10.5 Å². The lowest BCUT2D eigenvalue weighted by atomic mass is 9.88. The maximum Gasteiger partial charge on any atom is 0.501 e. The van der Waals surface area contributed by atoms with Crippen LogP contribution in [0.5, 0.6) is 5.75 Å². The monoisotopic (exact) mass is 537 g/mol. The van der Waals surface area contributed by atoms with Gasteiger partial charge in [-0.2, -0.15) is 13.2 Å². The van der Waals surface area contributed by atoms with E-state index in [9.17, 15) is 36.3 Å². The number of aliphatic carboxylic acids is 1. The first-order chi connectivity index (χ1) is 17.1. The fourth-order valence-electron chi connectivity index (χ4n) is 3.68. The Bertz CT molecular complexity index is 1410. The highest BCUT2D eigenvalue weighted by Crippen LogP contribution is 2.33. The number of benzene rings is 3. The lowest BCUT2D eigenvalue weighted by Gasteiger charge is -2.24. The second-order valence-electron chi connectivity index (χ2n) is 9.67. The number of carboxylic acids is 1. The molecule has 1 atom stereocenters. The molecule has 0 unspecified atom stereocenters. The summed E-state index contributed by atoms with van der Waals surface area (Å²) >= 11 is 0. The number of fused-ring (bicyclic) bond motifs is 1.